The molecular weight excluding hydrogens is 472 g/mol. The predicted molar refractivity (Wildman–Crippen MR) is 141 cm³/mol. The summed E-state index contributed by atoms with van der Waals surface area (Å²) in [4.78, 5) is 25.8. The minimum atomic E-state index is -1.69. The van der Waals surface area contributed by atoms with Crippen LogP contribution < -0.4 is 10.6 Å². The van der Waals surface area contributed by atoms with Crippen LogP contribution in [0.1, 0.15) is 37.7 Å². The van der Waals surface area contributed by atoms with Crippen LogP contribution in [0, 0.1) is 5.92 Å². The number of carbonyl (C=O) groups is 2. The van der Waals surface area contributed by atoms with Crippen LogP contribution in [-0.2, 0) is 20.7 Å². The van der Waals surface area contributed by atoms with Crippen molar-refractivity contribution in [1.29, 1.82) is 0 Å². The van der Waals surface area contributed by atoms with Crippen LogP contribution in [0.4, 0.5) is 5.69 Å². The monoisotopic (exact) mass is 508 g/mol. The van der Waals surface area contributed by atoms with E-state index in [0.717, 1.165) is 42.4 Å². The number of rotatable bonds is 9. The van der Waals surface area contributed by atoms with Crippen molar-refractivity contribution in [1.82, 2.24) is 5.32 Å². The zero-order valence-electron chi connectivity index (χ0n) is 21.0. The van der Waals surface area contributed by atoms with E-state index in [4.69, 9.17) is 4.74 Å². The molecule has 0 unspecified atom stereocenters. The summed E-state index contributed by atoms with van der Waals surface area (Å²) in [6, 6.07) is 14.9. The van der Waals surface area contributed by atoms with Crippen LogP contribution in [0.2, 0.25) is 0 Å². The van der Waals surface area contributed by atoms with E-state index in [-0.39, 0.29) is 5.91 Å². The van der Waals surface area contributed by atoms with Gasteiger partial charge in [-0.1, -0.05) is 61.4 Å². The number of aryl methyl sites for hydroxylation is 1. The van der Waals surface area contributed by atoms with Gasteiger partial charge in [-0.2, -0.15) is 0 Å². The Kier molecular flexibility index (Phi) is 9.10. The van der Waals surface area contributed by atoms with Gasteiger partial charge in [0.1, 0.15) is 24.4 Å². The lowest BCUT2D eigenvalue weighted by atomic mass is 9.98. The normalized spacial score (nSPS) is 21.5. The minimum Gasteiger partial charge on any atom is -0.387 e. The Bertz CT molecular complexity index is 1100. The van der Waals surface area contributed by atoms with Crippen molar-refractivity contribution in [3.8, 4) is 11.1 Å². The quantitative estimate of drug-likeness (QED) is 0.331. The highest BCUT2D eigenvalue weighted by Crippen LogP contribution is 2.29. The van der Waals surface area contributed by atoms with Crippen molar-refractivity contribution in [2.24, 2.45) is 5.92 Å². The Morgan fingerprint density at radius 1 is 1.03 bits per heavy atom. The summed E-state index contributed by atoms with van der Waals surface area (Å²) in [5, 5.41) is 36.9. The number of benzene rings is 2. The van der Waals surface area contributed by atoms with Gasteiger partial charge in [-0.3, -0.25) is 9.59 Å². The van der Waals surface area contributed by atoms with Crippen LogP contribution in [-0.4, -0.2) is 64.7 Å². The van der Waals surface area contributed by atoms with E-state index in [1.165, 1.54) is 13.2 Å². The van der Waals surface area contributed by atoms with Gasteiger partial charge in [-0.05, 0) is 60.4 Å². The molecule has 1 saturated carbocycles. The number of aliphatic hydroxyl groups excluding tert-OH is 3. The molecule has 198 valence electrons. The largest absolute Gasteiger partial charge is 0.387 e. The summed E-state index contributed by atoms with van der Waals surface area (Å²) in [6.45, 7) is 0. The number of amides is 2. The summed E-state index contributed by atoms with van der Waals surface area (Å²) >= 11 is 0. The van der Waals surface area contributed by atoms with E-state index < -0.39 is 36.4 Å². The first kappa shape index (κ1) is 27.0. The van der Waals surface area contributed by atoms with Gasteiger partial charge >= 0.3 is 0 Å². The molecule has 8 nitrogen and oxygen atoms in total. The molecule has 2 aromatic rings. The second-order valence-electron chi connectivity index (χ2n) is 9.88. The molecule has 4 rings (SSSR count). The van der Waals surface area contributed by atoms with Gasteiger partial charge < -0.3 is 30.7 Å². The number of nitrogens with one attached hydrogen (secondary N) is 2. The number of fused-ring (bicyclic) bond motifs is 1. The summed E-state index contributed by atoms with van der Waals surface area (Å²) in [6.07, 6.45) is 2.43. The summed E-state index contributed by atoms with van der Waals surface area (Å²) in [7, 11) is 1.23. The maximum atomic E-state index is 13.0. The topological polar surface area (TPSA) is 128 Å². The lowest BCUT2D eigenvalue weighted by Crippen LogP contribution is -2.55. The third-order valence-electron chi connectivity index (χ3n) is 7.31. The lowest BCUT2D eigenvalue weighted by Gasteiger charge is -2.28. The number of anilines is 1. The molecule has 5 N–H and O–H groups in total. The molecule has 0 radical (unpaired) electrons. The highest BCUT2D eigenvalue weighted by Gasteiger charge is 2.37. The first-order chi connectivity index (χ1) is 17.9. The van der Waals surface area contributed by atoms with Crippen molar-refractivity contribution in [3.63, 3.8) is 0 Å². The predicted octanol–water partition coefficient (Wildman–Crippen LogP) is 2.57. The third kappa shape index (κ3) is 6.64. The summed E-state index contributed by atoms with van der Waals surface area (Å²) in [5.74, 6) is -0.761. The summed E-state index contributed by atoms with van der Waals surface area (Å²) < 4.78 is 5.17. The van der Waals surface area contributed by atoms with Gasteiger partial charge in [0.2, 0.25) is 5.91 Å². The van der Waals surface area contributed by atoms with Gasteiger partial charge in [0.25, 0.3) is 5.91 Å². The van der Waals surface area contributed by atoms with Crippen LogP contribution in [0.15, 0.2) is 60.7 Å². The van der Waals surface area contributed by atoms with Gasteiger partial charge in [-0.15, -0.1) is 0 Å². The molecule has 2 aromatic carbocycles. The van der Waals surface area contributed by atoms with Crippen LogP contribution >= 0.6 is 0 Å². The SMILES string of the molecule is CO[C@@H](C(=O)N[C@H]1CCc2cc(-c3ccccc3)ccc2NC1=O)[C@H](O)[C@@H](O)[C@H](O)C=CC1CCCC1. The Morgan fingerprint density at radius 2 is 1.76 bits per heavy atom. The zero-order valence-corrected chi connectivity index (χ0v) is 21.0. The first-order valence-corrected chi connectivity index (χ1v) is 12.9. The average molecular weight is 509 g/mol. The van der Waals surface area contributed by atoms with E-state index in [1.54, 1.807) is 0 Å². The van der Waals surface area contributed by atoms with Crippen molar-refractivity contribution in [3.05, 3.63) is 66.2 Å². The van der Waals surface area contributed by atoms with Crippen molar-refractivity contribution in [2.45, 2.75) is 69.0 Å². The number of hydrogen-bond acceptors (Lipinski definition) is 6. The molecule has 0 aromatic heterocycles. The molecule has 8 heteroatoms. The van der Waals surface area contributed by atoms with E-state index in [1.807, 2.05) is 54.6 Å². The summed E-state index contributed by atoms with van der Waals surface area (Å²) in [5.41, 5.74) is 3.76. The minimum absolute atomic E-state index is 0.349. The number of hydrogen-bond donors (Lipinski definition) is 5. The van der Waals surface area contributed by atoms with Gasteiger partial charge in [0.05, 0.1) is 0 Å². The standard InChI is InChI=1S/C29H36N2O6/c1-37-27(26(34)25(33)24(32)16-11-18-7-5-6-8-18)29(36)31-23-15-13-21-17-20(19-9-3-2-4-10-19)12-14-22(21)30-28(23)35/h2-4,9-12,14,16-18,23-27,32-34H,5-8,13,15H2,1H3,(H,30,35)(H,31,36)/t23-,24+,25-,26+,27+/m0/s1. The molecule has 2 aliphatic rings. The second kappa shape index (κ2) is 12.5. The first-order valence-electron chi connectivity index (χ1n) is 12.9. The van der Waals surface area contributed by atoms with Crippen molar-refractivity contribution < 1.29 is 29.6 Å². The maximum Gasteiger partial charge on any atom is 0.252 e. The van der Waals surface area contributed by atoms with Crippen LogP contribution in [0.3, 0.4) is 0 Å². The number of carbonyl (C=O) groups excluding carboxylic acids is 2. The molecule has 1 heterocycles. The third-order valence-corrected chi connectivity index (χ3v) is 7.31. The Balaban J connectivity index is 1.38. The number of methoxy groups -OCH3 is 1. The fourth-order valence-corrected chi connectivity index (χ4v) is 5.09. The molecule has 0 spiro atoms. The molecule has 0 saturated heterocycles. The van der Waals surface area contributed by atoms with Crippen molar-refractivity contribution >= 4 is 17.5 Å². The smallest absolute Gasteiger partial charge is 0.252 e. The fourth-order valence-electron chi connectivity index (χ4n) is 5.09. The number of ether oxygens (including phenoxy) is 1. The van der Waals surface area contributed by atoms with E-state index in [2.05, 4.69) is 10.6 Å². The van der Waals surface area contributed by atoms with Crippen molar-refractivity contribution in [2.75, 3.05) is 12.4 Å². The molecule has 1 aliphatic heterocycles. The fraction of sp³-hybridized carbons (Fsp3) is 0.448. The lowest BCUT2D eigenvalue weighted by molar-refractivity contribution is -0.150. The Labute approximate surface area is 217 Å². The van der Waals surface area contributed by atoms with Gasteiger partial charge in [0.15, 0.2) is 6.10 Å². The highest BCUT2D eigenvalue weighted by molar-refractivity contribution is 5.99. The molecule has 0 bridgehead atoms. The Morgan fingerprint density at radius 3 is 2.46 bits per heavy atom. The molecule has 37 heavy (non-hydrogen) atoms. The zero-order chi connectivity index (χ0) is 26.4. The number of aliphatic hydroxyl groups is 3. The molecule has 1 aliphatic carbocycles. The van der Waals surface area contributed by atoms with Crippen LogP contribution in [0.5, 0.6) is 0 Å². The molecular formula is C29H36N2O6. The van der Waals surface area contributed by atoms with E-state index in [9.17, 15) is 24.9 Å². The average Bonchev–Trinajstić information content (AvgIpc) is 3.39. The maximum absolute atomic E-state index is 13.0. The second-order valence-corrected chi connectivity index (χ2v) is 9.88. The highest BCUT2D eigenvalue weighted by atomic mass is 16.5. The number of allylic oxidation sites excluding steroid dienone is 1. The van der Waals surface area contributed by atoms with Crippen LogP contribution in [0.25, 0.3) is 11.1 Å². The Hall–Kier alpha value is -3.04. The van der Waals surface area contributed by atoms with Gasteiger partial charge in [0, 0.05) is 12.8 Å². The molecule has 2 amide bonds. The van der Waals surface area contributed by atoms with E-state index >= 15 is 0 Å². The van der Waals surface area contributed by atoms with Gasteiger partial charge in [-0.25, -0.2) is 0 Å². The van der Waals surface area contributed by atoms with E-state index in [0.29, 0.717) is 24.4 Å². The molecule has 1 fully saturated rings. The molecule has 5 atom stereocenters.